The fourth-order valence-electron chi connectivity index (χ4n) is 2.05. The van der Waals surface area contributed by atoms with Gasteiger partial charge in [-0.15, -0.1) is 0 Å². The van der Waals surface area contributed by atoms with Crippen LogP contribution in [0.25, 0.3) is 0 Å². The molecule has 21 heavy (non-hydrogen) atoms. The maximum absolute atomic E-state index is 11.2. The number of hydrogen-bond acceptors (Lipinski definition) is 3. The minimum absolute atomic E-state index is 0.0687. The van der Waals surface area contributed by atoms with E-state index in [9.17, 15) is 4.79 Å². The molecule has 0 unspecified atom stereocenters. The number of benzene rings is 2. The third-order valence-electron chi connectivity index (χ3n) is 2.96. The van der Waals surface area contributed by atoms with Gasteiger partial charge in [0.1, 0.15) is 5.75 Å². The van der Waals surface area contributed by atoms with E-state index in [0.29, 0.717) is 13.2 Å². The van der Waals surface area contributed by atoms with Gasteiger partial charge >= 0.3 is 0 Å². The molecule has 0 fully saturated rings. The molecule has 0 heterocycles. The molecule has 2 rings (SSSR count). The quantitative estimate of drug-likeness (QED) is 0.851. The number of rotatable bonds is 6. The highest BCUT2D eigenvalue weighted by molar-refractivity contribution is 5.89. The van der Waals surface area contributed by atoms with E-state index in [0.717, 1.165) is 22.7 Å². The summed E-state index contributed by atoms with van der Waals surface area (Å²) >= 11 is 0. The Labute approximate surface area is 125 Å². The second kappa shape index (κ2) is 7.33. The van der Waals surface area contributed by atoms with Crippen LogP contribution >= 0.6 is 0 Å². The second-order valence-corrected chi connectivity index (χ2v) is 4.65. The second-order valence-electron chi connectivity index (χ2n) is 4.65. The van der Waals surface area contributed by atoms with Crippen molar-refractivity contribution in [1.82, 2.24) is 0 Å². The number of para-hydroxylation sites is 1. The maximum Gasteiger partial charge on any atom is 0.221 e. The molecule has 2 aromatic rings. The van der Waals surface area contributed by atoms with Gasteiger partial charge in [-0.25, -0.2) is 0 Å². The standard InChI is InChI=1S/C17H20N2O2/c1-3-21-16-9-6-8-15(11-16)18-12-14-7-4-5-10-17(14)19-13(2)20/h4-11,18H,3,12H2,1-2H3,(H,19,20). The molecular weight excluding hydrogens is 264 g/mol. The van der Waals surface area contributed by atoms with Gasteiger partial charge in [0.05, 0.1) is 6.61 Å². The lowest BCUT2D eigenvalue weighted by atomic mass is 10.1. The van der Waals surface area contributed by atoms with Gasteiger partial charge in [-0.05, 0) is 30.7 Å². The zero-order valence-electron chi connectivity index (χ0n) is 12.3. The molecule has 0 aliphatic rings. The Hall–Kier alpha value is -2.49. The zero-order valence-corrected chi connectivity index (χ0v) is 12.3. The molecule has 110 valence electrons. The zero-order chi connectivity index (χ0) is 15.1. The van der Waals surface area contributed by atoms with Crippen molar-refractivity contribution < 1.29 is 9.53 Å². The molecule has 0 aliphatic carbocycles. The van der Waals surface area contributed by atoms with Crippen LogP contribution in [0.15, 0.2) is 48.5 Å². The lowest BCUT2D eigenvalue weighted by molar-refractivity contribution is -0.114. The van der Waals surface area contributed by atoms with E-state index in [-0.39, 0.29) is 5.91 Å². The van der Waals surface area contributed by atoms with Crippen molar-refractivity contribution in [2.45, 2.75) is 20.4 Å². The van der Waals surface area contributed by atoms with E-state index in [1.165, 1.54) is 6.92 Å². The summed E-state index contributed by atoms with van der Waals surface area (Å²) in [6, 6.07) is 15.6. The summed E-state index contributed by atoms with van der Waals surface area (Å²) in [4.78, 5) is 11.2. The number of carbonyl (C=O) groups is 1. The Kier molecular flexibility index (Phi) is 5.21. The van der Waals surface area contributed by atoms with Crippen LogP contribution in [0.3, 0.4) is 0 Å². The average molecular weight is 284 g/mol. The van der Waals surface area contributed by atoms with Crippen LogP contribution < -0.4 is 15.4 Å². The molecule has 0 radical (unpaired) electrons. The number of hydrogen-bond donors (Lipinski definition) is 2. The molecule has 0 spiro atoms. The van der Waals surface area contributed by atoms with Crippen molar-refractivity contribution in [3.05, 3.63) is 54.1 Å². The maximum atomic E-state index is 11.2. The third-order valence-corrected chi connectivity index (χ3v) is 2.96. The van der Waals surface area contributed by atoms with Gasteiger partial charge in [0, 0.05) is 30.9 Å². The fourth-order valence-corrected chi connectivity index (χ4v) is 2.05. The van der Waals surface area contributed by atoms with Crippen molar-refractivity contribution in [3.63, 3.8) is 0 Å². The van der Waals surface area contributed by atoms with E-state index >= 15 is 0 Å². The van der Waals surface area contributed by atoms with Crippen LogP contribution in [-0.4, -0.2) is 12.5 Å². The van der Waals surface area contributed by atoms with E-state index in [1.807, 2.05) is 55.5 Å². The minimum atomic E-state index is -0.0687. The van der Waals surface area contributed by atoms with Crippen LogP contribution in [0.2, 0.25) is 0 Å². The number of amides is 1. The van der Waals surface area contributed by atoms with Gasteiger partial charge in [0.25, 0.3) is 0 Å². The summed E-state index contributed by atoms with van der Waals surface area (Å²) < 4.78 is 5.48. The van der Waals surface area contributed by atoms with E-state index in [4.69, 9.17) is 4.74 Å². The smallest absolute Gasteiger partial charge is 0.221 e. The van der Waals surface area contributed by atoms with Gasteiger partial charge in [-0.1, -0.05) is 24.3 Å². The van der Waals surface area contributed by atoms with Crippen molar-refractivity contribution in [3.8, 4) is 5.75 Å². The molecule has 0 saturated carbocycles. The highest BCUT2D eigenvalue weighted by atomic mass is 16.5. The molecular formula is C17H20N2O2. The first-order chi connectivity index (χ1) is 10.2. The van der Waals surface area contributed by atoms with Gasteiger partial charge in [-0.3, -0.25) is 4.79 Å². The van der Waals surface area contributed by atoms with Crippen LogP contribution in [0.5, 0.6) is 5.75 Å². The number of ether oxygens (including phenoxy) is 1. The largest absolute Gasteiger partial charge is 0.494 e. The summed E-state index contributed by atoms with van der Waals surface area (Å²) in [5, 5.41) is 6.18. The SMILES string of the molecule is CCOc1cccc(NCc2ccccc2NC(C)=O)c1. The minimum Gasteiger partial charge on any atom is -0.494 e. The first-order valence-corrected chi connectivity index (χ1v) is 7.01. The first-order valence-electron chi connectivity index (χ1n) is 7.01. The third kappa shape index (κ3) is 4.53. The van der Waals surface area contributed by atoms with Gasteiger partial charge < -0.3 is 15.4 Å². The Bertz CT molecular complexity index is 611. The molecule has 1 amide bonds. The predicted molar refractivity (Wildman–Crippen MR) is 85.7 cm³/mol. The molecule has 4 nitrogen and oxygen atoms in total. The van der Waals surface area contributed by atoms with Crippen molar-refractivity contribution in [2.24, 2.45) is 0 Å². The molecule has 0 saturated heterocycles. The van der Waals surface area contributed by atoms with Crippen LogP contribution in [0.1, 0.15) is 19.4 Å². The molecule has 0 atom stereocenters. The fraction of sp³-hybridized carbons (Fsp3) is 0.235. The number of nitrogens with one attached hydrogen (secondary N) is 2. The van der Waals surface area contributed by atoms with Crippen LogP contribution in [0, 0.1) is 0 Å². The first kappa shape index (κ1) is 14.9. The van der Waals surface area contributed by atoms with Crippen LogP contribution in [-0.2, 0) is 11.3 Å². The Morgan fingerprint density at radius 3 is 2.71 bits per heavy atom. The normalized spacial score (nSPS) is 10.0. The van der Waals surface area contributed by atoms with Gasteiger partial charge in [0.2, 0.25) is 5.91 Å². The van der Waals surface area contributed by atoms with Crippen molar-refractivity contribution >= 4 is 17.3 Å². The molecule has 0 bridgehead atoms. The Balaban J connectivity index is 2.06. The summed E-state index contributed by atoms with van der Waals surface area (Å²) in [6.07, 6.45) is 0. The molecule has 2 aromatic carbocycles. The Morgan fingerprint density at radius 1 is 1.14 bits per heavy atom. The average Bonchev–Trinajstić information content (AvgIpc) is 2.47. The molecule has 0 aromatic heterocycles. The number of anilines is 2. The summed E-state index contributed by atoms with van der Waals surface area (Å²) in [5.41, 5.74) is 2.85. The van der Waals surface area contributed by atoms with Gasteiger partial charge in [0.15, 0.2) is 0 Å². The van der Waals surface area contributed by atoms with Gasteiger partial charge in [-0.2, -0.15) is 0 Å². The van der Waals surface area contributed by atoms with E-state index in [2.05, 4.69) is 10.6 Å². The summed E-state index contributed by atoms with van der Waals surface area (Å²) in [5.74, 6) is 0.776. The highest BCUT2D eigenvalue weighted by Crippen LogP contribution is 2.20. The summed E-state index contributed by atoms with van der Waals surface area (Å²) in [6.45, 7) is 4.75. The topological polar surface area (TPSA) is 50.4 Å². The van der Waals surface area contributed by atoms with Crippen molar-refractivity contribution in [1.29, 1.82) is 0 Å². The monoisotopic (exact) mass is 284 g/mol. The highest BCUT2D eigenvalue weighted by Gasteiger charge is 2.03. The molecule has 2 N–H and O–H groups in total. The lowest BCUT2D eigenvalue weighted by Crippen LogP contribution is -2.10. The van der Waals surface area contributed by atoms with E-state index in [1.54, 1.807) is 0 Å². The van der Waals surface area contributed by atoms with Crippen molar-refractivity contribution in [2.75, 3.05) is 17.2 Å². The Morgan fingerprint density at radius 2 is 1.95 bits per heavy atom. The van der Waals surface area contributed by atoms with Crippen LogP contribution in [0.4, 0.5) is 11.4 Å². The summed E-state index contributed by atoms with van der Waals surface area (Å²) in [7, 11) is 0. The lowest BCUT2D eigenvalue weighted by Gasteiger charge is -2.12. The molecule has 4 heteroatoms. The predicted octanol–water partition coefficient (Wildman–Crippen LogP) is 3.66. The number of carbonyl (C=O) groups excluding carboxylic acids is 1. The van der Waals surface area contributed by atoms with E-state index < -0.39 is 0 Å². The molecule has 0 aliphatic heterocycles.